The molecule has 0 saturated heterocycles. The van der Waals surface area contributed by atoms with Crippen LogP contribution < -0.4 is 5.32 Å². The van der Waals surface area contributed by atoms with Crippen LogP contribution in [0.15, 0.2) is 18.2 Å². The third-order valence-electron chi connectivity index (χ3n) is 2.23. The zero-order valence-electron chi connectivity index (χ0n) is 9.64. The van der Waals surface area contributed by atoms with Gasteiger partial charge < -0.3 is 5.32 Å². The Kier molecular flexibility index (Phi) is 5.77. The van der Waals surface area contributed by atoms with Crippen LogP contribution in [0.3, 0.4) is 0 Å². The lowest BCUT2D eigenvalue weighted by molar-refractivity contribution is 0.0939. The molecule has 0 aromatic heterocycles. The highest BCUT2D eigenvalue weighted by atomic mass is 79.9. The molecule has 0 radical (unpaired) electrons. The fourth-order valence-corrected chi connectivity index (χ4v) is 2.58. The Morgan fingerprint density at radius 1 is 1.41 bits per heavy atom. The highest BCUT2D eigenvalue weighted by Gasteiger charge is 2.14. The van der Waals surface area contributed by atoms with E-state index in [0.717, 1.165) is 6.42 Å². The van der Waals surface area contributed by atoms with Gasteiger partial charge in [0.05, 0.1) is 10.6 Å². The molecule has 0 heterocycles. The fraction of sp³-hybridized carbons (Fsp3) is 0.417. The van der Waals surface area contributed by atoms with Crippen LogP contribution in [0.4, 0.5) is 0 Å². The minimum Gasteiger partial charge on any atom is -0.350 e. The summed E-state index contributed by atoms with van der Waals surface area (Å²) in [7, 11) is 0. The van der Waals surface area contributed by atoms with Gasteiger partial charge in [0, 0.05) is 15.9 Å². The number of halogens is 3. The van der Waals surface area contributed by atoms with E-state index in [0.29, 0.717) is 20.4 Å². The molecule has 0 saturated carbocycles. The van der Waals surface area contributed by atoms with Crippen molar-refractivity contribution >= 4 is 45.0 Å². The van der Waals surface area contributed by atoms with Crippen LogP contribution in [0.5, 0.6) is 0 Å². The number of amides is 1. The topological polar surface area (TPSA) is 29.1 Å². The van der Waals surface area contributed by atoms with Gasteiger partial charge in [0.2, 0.25) is 0 Å². The summed E-state index contributed by atoms with van der Waals surface area (Å²) in [6, 6.07) is 4.93. The summed E-state index contributed by atoms with van der Waals surface area (Å²) >= 11 is 15.2. The Morgan fingerprint density at radius 3 is 2.59 bits per heavy atom. The lowest BCUT2D eigenvalue weighted by Gasteiger charge is -2.15. The Bertz CT molecular complexity index is 409. The van der Waals surface area contributed by atoms with Crippen molar-refractivity contribution < 1.29 is 4.79 Å². The van der Waals surface area contributed by atoms with Crippen LogP contribution in [-0.2, 0) is 0 Å². The predicted molar refractivity (Wildman–Crippen MR) is 76.4 cm³/mol. The van der Waals surface area contributed by atoms with Crippen molar-refractivity contribution in [2.45, 2.75) is 31.1 Å². The van der Waals surface area contributed by atoms with Gasteiger partial charge >= 0.3 is 0 Å². The van der Waals surface area contributed by atoms with E-state index < -0.39 is 0 Å². The van der Waals surface area contributed by atoms with Gasteiger partial charge in [0.15, 0.2) is 0 Å². The number of carbonyl (C=O) groups excluding carboxylic acids is 1. The van der Waals surface area contributed by atoms with Gasteiger partial charge in [-0.05, 0) is 31.5 Å². The predicted octanol–water partition coefficient (Wildman–Crippen LogP) is 4.29. The monoisotopic (exact) mass is 337 g/mol. The molecular formula is C12H14BrCl2NO. The number of rotatable bonds is 4. The summed E-state index contributed by atoms with van der Waals surface area (Å²) in [5.74, 6) is -0.174. The summed E-state index contributed by atoms with van der Waals surface area (Å²) in [5, 5.41) is 3.78. The van der Waals surface area contributed by atoms with Crippen LogP contribution >= 0.6 is 39.1 Å². The number of hydrogen-bond acceptors (Lipinski definition) is 1. The second-order valence-electron chi connectivity index (χ2n) is 4.02. The summed E-state index contributed by atoms with van der Waals surface area (Å²) in [6.07, 6.45) is 0.858. The zero-order chi connectivity index (χ0) is 13.0. The van der Waals surface area contributed by atoms with Crippen LogP contribution in [0, 0.1) is 0 Å². The van der Waals surface area contributed by atoms with E-state index in [1.807, 2.05) is 13.8 Å². The molecular weight excluding hydrogens is 325 g/mol. The molecule has 0 bridgehead atoms. The lowest BCUT2D eigenvalue weighted by atomic mass is 10.1. The molecule has 0 aliphatic heterocycles. The van der Waals surface area contributed by atoms with E-state index in [9.17, 15) is 4.79 Å². The van der Waals surface area contributed by atoms with Gasteiger partial charge in [0.25, 0.3) is 5.91 Å². The van der Waals surface area contributed by atoms with Crippen molar-refractivity contribution in [3.05, 3.63) is 33.8 Å². The number of carbonyl (C=O) groups is 1. The summed E-state index contributed by atoms with van der Waals surface area (Å²) in [6.45, 7) is 4.00. The average molecular weight is 339 g/mol. The van der Waals surface area contributed by atoms with Gasteiger partial charge in [-0.25, -0.2) is 0 Å². The summed E-state index contributed by atoms with van der Waals surface area (Å²) < 4.78 is 0. The Labute approximate surface area is 120 Å². The zero-order valence-corrected chi connectivity index (χ0v) is 12.7. The standard InChI is InChI=1S/C12H14BrCl2NO/c1-7(13)5-8(2)16-12(17)10-4-3-9(14)6-11(10)15/h3-4,6-8H,5H2,1-2H3,(H,16,17). The molecule has 1 aromatic carbocycles. The average Bonchev–Trinajstić information content (AvgIpc) is 2.15. The van der Waals surface area contributed by atoms with Gasteiger partial charge in [0.1, 0.15) is 0 Å². The Hall–Kier alpha value is -0.250. The quantitative estimate of drug-likeness (QED) is 0.815. The van der Waals surface area contributed by atoms with Gasteiger partial charge in [-0.1, -0.05) is 46.1 Å². The van der Waals surface area contributed by atoms with Crippen LogP contribution in [0.25, 0.3) is 0 Å². The van der Waals surface area contributed by atoms with E-state index in [4.69, 9.17) is 23.2 Å². The molecule has 1 N–H and O–H groups in total. The van der Waals surface area contributed by atoms with Crippen molar-refractivity contribution in [3.8, 4) is 0 Å². The first-order chi connectivity index (χ1) is 7.90. The van der Waals surface area contributed by atoms with E-state index in [2.05, 4.69) is 21.2 Å². The lowest BCUT2D eigenvalue weighted by Crippen LogP contribution is -2.34. The minimum atomic E-state index is -0.174. The Balaban J connectivity index is 2.70. The molecule has 0 aliphatic rings. The van der Waals surface area contributed by atoms with E-state index >= 15 is 0 Å². The highest BCUT2D eigenvalue weighted by molar-refractivity contribution is 9.09. The molecule has 1 rings (SSSR count). The maximum Gasteiger partial charge on any atom is 0.253 e. The van der Waals surface area contributed by atoms with Crippen molar-refractivity contribution in [1.82, 2.24) is 5.32 Å². The van der Waals surface area contributed by atoms with E-state index in [1.165, 1.54) is 0 Å². The summed E-state index contributed by atoms with van der Waals surface area (Å²) in [4.78, 5) is 12.3. The molecule has 17 heavy (non-hydrogen) atoms. The first kappa shape index (κ1) is 14.8. The SMILES string of the molecule is CC(Br)CC(C)NC(=O)c1ccc(Cl)cc1Cl. The molecule has 1 amide bonds. The van der Waals surface area contributed by atoms with Gasteiger partial charge in [-0.2, -0.15) is 0 Å². The van der Waals surface area contributed by atoms with Crippen molar-refractivity contribution in [2.24, 2.45) is 0 Å². The maximum atomic E-state index is 11.9. The number of alkyl halides is 1. The fourth-order valence-electron chi connectivity index (χ4n) is 1.52. The van der Waals surface area contributed by atoms with Gasteiger partial charge in [-0.3, -0.25) is 4.79 Å². The second-order valence-corrected chi connectivity index (χ2v) is 6.42. The van der Waals surface area contributed by atoms with Crippen LogP contribution in [-0.4, -0.2) is 16.8 Å². The van der Waals surface area contributed by atoms with E-state index in [-0.39, 0.29) is 11.9 Å². The third-order valence-corrected chi connectivity index (χ3v) is 3.15. The molecule has 5 heteroatoms. The smallest absolute Gasteiger partial charge is 0.253 e. The number of benzene rings is 1. The molecule has 0 aliphatic carbocycles. The van der Waals surface area contributed by atoms with Crippen LogP contribution in [0.2, 0.25) is 10.0 Å². The van der Waals surface area contributed by atoms with Crippen molar-refractivity contribution in [3.63, 3.8) is 0 Å². The number of hydrogen-bond donors (Lipinski definition) is 1. The largest absolute Gasteiger partial charge is 0.350 e. The van der Waals surface area contributed by atoms with Crippen molar-refractivity contribution in [1.29, 1.82) is 0 Å². The molecule has 2 unspecified atom stereocenters. The first-order valence-corrected chi connectivity index (χ1v) is 6.97. The molecule has 1 aromatic rings. The van der Waals surface area contributed by atoms with Gasteiger partial charge in [-0.15, -0.1) is 0 Å². The molecule has 94 valence electrons. The Morgan fingerprint density at radius 2 is 2.06 bits per heavy atom. The maximum absolute atomic E-state index is 11.9. The van der Waals surface area contributed by atoms with Crippen molar-refractivity contribution in [2.75, 3.05) is 0 Å². The molecule has 2 atom stereocenters. The molecule has 0 spiro atoms. The van der Waals surface area contributed by atoms with Crippen LogP contribution in [0.1, 0.15) is 30.6 Å². The third kappa shape index (κ3) is 4.86. The normalized spacial score (nSPS) is 14.2. The molecule has 2 nitrogen and oxygen atoms in total. The molecule has 0 fully saturated rings. The number of nitrogens with one attached hydrogen (secondary N) is 1. The van der Waals surface area contributed by atoms with E-state index in [1.54, 1.807) is 18.2 Å². The minimum absolute atomic E-state index is 0.0867. The highest BCUT2D eigenvalue weighted by Crippen LogP contribution is 2.21. The second kappa shape index (κ2) is 6.62. The first-order valence-electron chi connectivity index (χ1n) is 5.30. The summed E-state index contributed by atoms with van der Waals surface area (Å²) in [5.41, 5.74) is 0.449.